The summed E-state index contributed by atoms with van der Waals surface area (Å²) in [5.41, 5.74) is 0.662. The Kier molecular flexibility index (Phi) is 3.24. The number of nitriles is 1. The van der Waals surface area contributed by atoms with Gasteiger partial charge in [0.05, 0.1) is 0 Å². The largest absolute Gasteiger partial charge is 0.423 e. The average Bonchev–Trinajstić information content (AvgIpc) is 2.99. The standard InChI is InChI=1S/C20H27N3O/c1-13-3-2-4-23(12-13)18-17(11-21)22-19(24-18)20-8-14-5-15(9-20)7-16(6-14)10-20/h13-16H,2-10,12H2,1H3. The van der Waals surface area contributed by atoms with Gasteiger partial charge in [-0.1, -0.05) is 6.92 Å². The third-order valence-electron chi connectivity index (χ3n) is 7.15. The first kappa shape index (κ1) is 14.8. The topological polar surface area (TPSA) is 53.1 Å². The highest BCUT2D eigenvalue weighted by atomic mass is 16.4. The van der Waals surface area contributed by atoms with Gasteiger partial charge in [-0.2, -0.15) is 10.2 Å². The maximum absolute atomic E-state index is 9.61. The third-order valence-corrected chi connectivity index (χ3v) is 7.15. The molecule has 1 atom stereocenters. The Bertz CT molecular complexity index is 650. The molecule has 0 spiro atoms. The smallest absolute Gasteiger partial charge is 0.234 e. The molecule has 4 aliphatic carbocycles. The van der Waals surface area contributed by atoms with Gasteiger partial charge in [0.15, 0.2) is 0 Å². The molecular weight excluding hydrogens is 298 g/mol. The second-order valence-corrected chi connectivity index (χ2v) is 9.18. The minimum absolute atomic E-state index is 0.139. The number of piperidine rings is 1. The average molecular weight is 325 g/mol. The van der Waals surface area contributed by atoms with E-state index < -0.39 is 0 Å². The van der Waals surface area contributed by atoms with E-state index in [1.807, 2.05) is 0 Å². The Morgan fingerprint density at radius 3 is 2.42 bits per heavy atom. The molecule has 1 unspecified atom stereocenters. The predicted molar refractivity (Wildman–Crippen MR) is 91.7 cm³/mol. The van der Waals surface area contributed by atoms with Crippen molar-refractivity contribution in [1.82, 2.24) is 4.98 Å². The van der Waals surface area contributed by atoms with Crippen LogP contribution in [0.5, 0.6) is 0 Å². The van der Waals surface area contributed by atoms with Gasteiger partial charge in [-0.3, -0.25) is 0 Å². The normalized spacial score (nSPS) is 40.8. The van der Waals surface area contributed by atoms with E-state index in [0.717, 1.165) is 42.6 Å². The number of rotatable bonds is 2. The van der Waals surface area contributed by atoms with Crippen LogP contribution in [0.25, 0.3) is 0 Å². The molecule has 4 bridgehead atoms. The molecule has 1 aromatic heterocycles. The monoisotopic (exact) mass is 325 g/mol. The molecule has 0 radical (unpaired) electrons. The van der Waals surface area contributed by atoms with Crippen LogP contribution in [0.1, 0.15) is 69.9 Å². The first-order valence-electron chi connectivity index (χ1n) is 9.81. The molecule has 1 aliphatic heterocycles. The van der Waals surface area contributed by atoms with E-state index in [1.165, 1.54) is 51.4 Å². The van der Waals surface area contributed by atoms with Crippen molar-refractivity contribution in [3.8, 4) is 6.07 Å². The number of hydrogen-bond acceptors (Lipinski definition) is 4. The van der Waals surface area contributed by atoms with Gasteiger partial charge in [-0.05, 0) is 75.0 Å². The lowest BCUT2D eigenvalue weighted by molar-refractivity contribution is -0.0175. The Hall–Kier alpha value is -1.50. The highest BCUT2D eigenvalue weighted by molar-refractivity contribution is 5.49. The summed E-state index contributed by atoms with van der Waals surface area (Å²) in [7, 11) is 0. The molecule has 24 heavy (non-hydrogen) atoms. The van der Waals surface area contributed by atoms with Crippen molar-refractivity contribution in [1.29, 1.82) is 5.26 Å². The Balaban J connectivity index is 1.50. The maximum atomic E-state index is 9.61. The zero-order chi connectivity index (χ0) is 16.3. The van der Waals surface area contributed by atoms with E-state index in [2.05, 4.69) is 17.9 Å². The lowest BCUT2D eigenvalue weighted by Gasteiger charge is -2.55. The fourth-order valence-electron chi connectivity index (χ4n) is 6.57. The zero-order valence-corrected chi connectivity index (χ0v) is 14.6. The van der Waals surface area contributed by atoms with Crippen molar-refractivity contribution < 1.29 is 4.42 Å². The Morgan fingerprint density at radius 1 is 1.17 bits per heavy atom. The molecule has 4 heteroatoms. The lowest BCUT2D eigenvalue weighted by atomic mass is 9.49. The van der Waals surface area contributed by atoms with Gasteiger partial charge in [0.25, 0.3) is 0 Å². The summed E-state index contributed by atoms with van der Waals surface area (Å²) >= 11 is 0. The van der Waals surface area contributed by atoms with Crippen molar-refractivity contribution >= 4 is 5.88 Å². The van der Waals surface area contributed by atoms with E-state index in [4.69, 9.17) is 9.40 Å². The zero-order valence-electron chi connectivity index (χ0n) is 14.6. The molecule has 1 saturated heterocycles. The Morgan fingerprint density at radius 2 is 1.83 bits per heavy atom. The van der Waals surface area contributed by atoms with Gasteiger partial charge in [-0.15, -0.1) is 0 Å². The number of nitrogens with zero attached hydrogens (tertiary/aromatic N) is 3. The third kappa shape index (κ3) is 2.20. The molecule has 5 fully saturated rings. The van der Waals surface area contributed by atoms with E-state index >= 15 is 0 Å². The molecule has 6 rings (SSSR count). The number of anilines is 1. The number of aromatic nitrogens is 1. The van der Waals surface area contributed by atoms with Gasteiger partial charge < -0.3 is 9.32 Å². The van der Waals surface area contributed by atoms with Crippen LogP contribution in [-0.2, 0) is 5.41 Å². The molecule has 128 valence electrons. The van der Waals surface area contributed by atoms with Gasteiger partial charge in [0.2, 0.25) is 17.5 Å². The quantitative estimate of drug-likeness (QED) is 0.815. The molecule has 1 aromatic rings. The van der Waals surface area contributed by atoms with Crippen molar-refractivity contribution in [3.63, 3.8) is 0 Å². The van der Waals surface area contributed by atoms with Crippen LogP contribution in [0.15, 0.2) is 4.42 Å². The number of oxazole rings is 1. The van der Waals surface area contributed by atoms with Gasteiger partial charge in [0, 0.05) is 18.5 Å². The second-order valence-electron chi connectivity index (χ2n) is 9.18. The molecule has 0 aromatic carbocycles. The fraction of sp³-hybridized carbons (Fsp3) is 0.800. The molecule has 4 saturated carbocycles. The van der Waals surface area contributed by atoms with Crippen molar-refractivity contribution in [2.24, 2.45) is 23.7 Å². The molecule has 4 nitrogen and oxygen atoms in total. The minimum Gasteiger partial charge on any atom is -0.423 e. The SMILES string of the molecule is CC1CCCN(c2oc(C34CC5CC(CC(C5)C3)C4)nc2C#N)C1. The second kappa shape index (κ2) is 5.25. The van der Waals surface area contributed by atoms with Crippen LogP contribution in [0.4, 0.5) is 5.88 Å². The Labute approximate surface area is 144 Å². The van der Waals surface area contributed by atoms with Crippen LogP contribution in [-0.4, -0.2) is 18.1 Å². The summed E-state index contributed by atoms with van der Waals surface area (Å²) < 4.78 is 6.37. The molecule has 0 amide bonds. The van der Waals surface area contributed by atoms with E-state index in [9.17, 15) is 5.26 Å². The van der Waals surface area contributed by atoms with Gasteiger partial charge in [-0.25, -0.2) is 0 Å². The fourth-order valence-corrected chi connectivity index (χ4v) is 6.57. The summed E-state index contributed by atoms with van der Waals surface area (Å²) in [6.07, 6.45) is 10.4. The summed E-state index contributed by atoms with van der Waals surface area (Å²) in [5, 5.41) is 9.61. The summed E-state index contributed by atoms with van der Waals surface area (Å²) in [6, 6.07) is 2.31. The number of hydrogen-bond donors (Lipinski definition) is 0. The summed E-state index contributed by atoms with van der Waals surface area (Å²) in [6.45, 7) is 4.27. The first-order valence-corrected chi connectivity index (χ1v) is 9.81. The molecular formula is C20H27N3O. The van der Waals surface area contributed by atoms with Crippen molar-refractivity contribution in [2.45, 2.75) is 63.7 Å². The van der Waals surface area contributed by atoms with Crippen LogP contribution in [0.3, 0.4) is 0 Å². The minimum atomic E-state index is 0.139. The van der Waals surface area contributed by atoms with Crippen LogP contribution >= 0.6 is 0 Å². The van der Waals surface area contributed by atoms with Gasteiger partial charge in [0.1, 0.15) is 6.07 Å². The van der Waals surface area contributed by atoms with E-state index in [0.29, 0.717) is 11.6 Å². The molecule has 5 aliphatic rings. The first-order chi connectivity index (χ1) is 11.6. The summed E-state index contributed by atoms with van der Waals surface area (Å²) in [4.78, 5) is 7.02. The summed E-state index contributed by atoms with van der Waals surface area (Å²) in [5.74, 6) is 4.92. The lowest BCUT2D eigenvalue weighted by Crippen LogP contribution is -2.48. The molecule has 2 heterocycles. The predicted octanol–water partition coefficient (Wildman–Crippen LogP) is 4.25. The van der Waals surface area contributed by atoms with Crippen molar-refractivity contribution in [2.75, 3.05) is 18.0 Å². The highest BCUT2D eigenvalue weighted by Gasteiger charge is 2.54. The van der Waals surface area contributed by atoms with Crippen molar-refractivity contribution in [3.05, 3.63) is 11.6 Å². The molecule has 0 N–H and O–H groups in total. The van der Waals surface area contributed by atoms with E-state index in [-0.39, 0.29) is 5.41 Å². The van der Waals surface area contributed by atoms with E-state index in [1.54, 1.807) is 0 Å². The van der Waals surface area contributed by atoms with Crippen LogP contribution < -0.4 is 4.90 Å². The van der Waals surface area contributed by atoms with Crippen LogP contribution in [0.2, 0.25) is 0 Å². The van der Waals surface area contributed by atoms with Gasteiger partial charge >= 0.3 is 0 Å². The highest BCUT2D eigenvalue weighted by Crippen LogP contribution is 2.60. The van der Waals surface area contributed by atoms with Crippen LogP contribution in [0, 0.1) is 35.0 Å². The maximum Gasteiger partial charge on any atom is 0.234 e.